The number of carbonyl (C=O) groups is 1. The molecule has 3 aromatic heterocycles. The fourth-order valence-electron chi connectivity index (χ4n) is 3.74. The summed E-state index contributed by atoms with van der Waals surface area (Å²) in [5.74, 6) is 1.67. The smallest absolute Gasteiger partial charge is 0.227 e. The summed E-state index contributed by atoms with van der Waals surface area (Å²) in [7, 11) is 1.96. The third-order valence-electron chi connectivity index (χ3n) is 5.42. The van der Waals surface area contributed by atoms with E-state index >= 15 is 0 Å². The van der Waals surface area contributed by atoms with E-state index in [4.69, 9.17) is 4.52 Å². The van der Waals surface area contributed by atoms with Crippen molar-refractivity contribution in [3.8, 4) is 11.4 Å². The predicted molar refractivity (Wildman–Crippen MR) is 151 cm³/mol. The lowest BCUT2D eigenvalue weighted by molar-refractivity contribution is -0.115. The first-order valence-corrected chi connectivity index (χ1v) is 13.3. The standard InChI is InChI=1S/C23H26N6O2S.C4H11N/c1-13-19(23(3,4)5)32-22(26-13)28-18(30)9-11-25-21-17-12-16(20-27-14(2)31-29-20)7-6-15(17)8-10-24-21;1-3-4-5-2/h6-8,10,12H,9,11H2,1-5H3,(H,24,25)(H,26,28,30);5H,3-4H2,1-2H3. The van der Waals surface area contributed by atoms with Crippen molar-refractivity contribution in [2.75, 3.05) is 30.8 Å². The van der Waals surface area contributed by atoms with Crippen LogP contribution in [0.1, 0.15) is 57.0 Å². The van der Waals surface area contributed by atoms with E-state index in [0.29, 0.717) is 35.6 Å². The van der Waals surface area contributed by atoms with E-state index in [1.165, 1.54) is 22.6 Å². The van der Waals surface area contributed by atoms with Gasteiger partial charge in [0.25, 0.3) is 0 Å². The Kier molecular flexibility index (Phi) is 9.71. The SMILES string of the molecule is CCCNC.Cc1nc(-c2ccc3ccnc(NCCC(=O)Nc4nc(C)c(C(C)(C)C)s4)c3c2)no1. The number of thiazole rings is 1. The zero-order valence-electron chi connectivity index (χ0n) is 22.7. The van der Waals surface area contributed by atoms with Crippen molar-refractivity contribution in [2.45, 2.75) is 59.8 Å². The average Bonchev–Trinajstić information content (AvgIpc) is 3.45. The molecule has 0 bridgehead atoms. The molecule has 10 heteroatoms. The van der Waals surface area contributed by atoms with Gasteiger partial charge >= 0.3 is 0 Å². The van der Waals surface area contributed by atoms with Crippen LogP contribution in [-0.2, 0) is 10.2 Å². The maximum absolute atomic E-state index is 12.4. The van der Waals surface area contributed by atoms with Crippen LogP contribution in [0, 0.1) is 13.8 Å². The lowest BCUT2D eigenvalue weighted by atomic mass is 9.94. The van der Waals surface area contributed by atoms with Crippen molar-refractivity contribution in [3.05, 3.63) is 46.9 Å². The van der Waals surface area contributed by atoms with Gasteiger partial charge in [-0.2, -0.15) is 4.98 Å². The van der Waals surface area contributed by atoms with Gasteiger partial charge in [-0.25, -0.2) is 9.97 Å². The molecule has 0 spiro atoms. The first-order chi connectivity index (χ1) is 17.6. The van der Waals surface area contributed by atoms with Crippen LogP contribution in [0.15, 0.2) is 35.0 Å². The van der Waals surface area contributed by atoms with E-state index in [2.05, 4.69) is 63.8 Å². The highest BCUT2D eigenvalue weighted by Crippen LogP contribution is 2.33. The minimum atomic E-state index is -0.0880. The van der Waals surface area contributed by atoms with Crippen LogP contribution in [0.2, 0.25) is 0 Å². The molecule has 9 nitrogen and oxygen atoms in total. The molecule has 0 unspecified atom stereocenters. The van der Waals surface area contributed by atoms with Gasteiger partial charge in [0.15, 0.2) is 5.13 Å². The van der Waals surface area contributed by atoms with Gasteiger partial charge in [0, 0.05) is 41.9 Å². The molecule has 198 valence electrons. The first-order valence-electron chi connectivity index (χ1n) is 12.5. The number of carbonyl (C=O) groups excluding carboxylic acids is 1. The van der Waals surface area contributed by atoms with Crippen LogP contribution < -0.4 is 16.0 Å². The first kappa shape index (κ1) is 28.2. The van der Waals surface area contributed by atoms with Gasteiger partial charge in [-0.05, 0) is 49.9 Å². The maximum Gasteiger partial charge on any atom is 0.227 e. The summed E-state index contributed by atoms with van der Waals surface area (Å²) < 4.78 is 5.09. The molecule has 0 aliphatic rings. The summed E-state index contributed by atoms with van der Waals surface area (Å²) in [6, 6.07) is 7.86. The number of aryl methyl sites for hydroxylation is 2. The fourth-order valence-corrected chi connectivity index (χ4v) is 4.78. The van der Waals surface area contributed by atoms with Crippen molar-refractivity contribution >= 4 is 39.0 Å². The highest BCUT2D eigenvalue weighted by molar-refractivity contribution is 7.16. The summed E-state index contributed by atoms with van der Waals surface area (Å²) >= 11 is 1.53. The molecule has 4 rings (SSSR count). The molecule has 0 aliphatic heterocycles. The zero-order chi connectivity index (χ0) is 27.0. The number of aromatic nitrogens is 4. The lowest BCUT2D eigenvalue weighted by Gasteiger charge is -2.16. The van der Waals surface area contributed by atoms with E-state index in [-0.39, 0.29) is 11.3 Å². The molecular weight excluding hydrogens is 486 g/mol. The zero-order valence-corrected chi connectivity index (χ0v) is 23.5. The highest BCUT2D eigenvalue weighted by Gasteiger charge is 2.21. The largest absolute Gasteiger partial charge is 0.369 e. The Bertz CT molecular complexity index is 1320. The van der Waals surface area contributed by atoms with Gasteiger partial charge in [0.2, 0.25) is 17.6 Å². The molecule has 4 aromatic rings. The van der Waals surface area contributed by atoms with Crippen LogP contribution in [0.5, 0.6) is 0 Å². The second kappa shape index (κ2) is 12.7. The average molecular weight is 524 g/mol. The number of anilines is 2. The molecular formula is C27H37N7O2S. The quantitative estimate of drug-likeness (QED) is 0.269. The van der Waals surface area contributed by atoms with E-state index in [1.807, 2.05) is 38.2 Å². The summed E-state index contributed by atoms with van der Waals surface area (Å²) in [5, 5.41) is 15.8. The molecule has 0 saturated heterocycles. The number of pyridine rings is 1. The van der Waals surface area contributed by atoms with Crippen LogP contribution in [0.3, 0.4) is 0 Å². The van der Waals surface area contributed by atoms with Crippen LogP contribution >= 0.6 is 11.3 Å². The van der Waals surface area contributed by atoms with Crippen molar-refractivity contribution in [1.82, 2.24) is 25.4 Å². The number of benzene rings is 1. The van der Waals surface area contributed by atoms with Gasteiger partial charge in [-0.3, -0.25) is 4.79 Å². The molecule has 1 aromatic carbocycles. The van der Waals surface area contributed by atoms with Gasteiger partial charge in [-0.15, -0.1) is 11.3 Å². The number of amides is 1. The Morgan fingerprint density at radius 2 is 1.89 bits per heavy atom. The normalized spacial score (nSPS) is 11.2. The van der Waals surface area contributed by atoms with Gasteiger partial charge < -0.3 is 20.5 Å². The maximum atomic E-state index is 12.4. The molecule has 3 heterocycles. The second-order valence-electron chi connectivity index (χ2n) is 9.74. The van der Waals surface area contributed by atoms with Gasteiger partial charge in [0.05, 0.1) is 5.69 Å². The van der Waals surface area contributed by atoms with E-state index in [9.17, 15) is 4.79 Å². The van der Waals surface area contributed by atoms with Crippen molar-refractivity contribution in [2.24, 2.45) is 0 Å². The molecule has 0 saturated carbocycles. The lowest BCUT2D eigenvalue weighted by Crippen LogP contribution is -2.16. The van der Waals surface area contributed by atoms with Crippen LogP contribution in [-0.4, -0.2) is 46.2 Å². The Morgan fingerprint density at radius 3 is 2.49 bits per heavy atom. The number of fused-ring (bicyclic) bond motifs is 1. The number of nitrogens with zero attached hydrogens (tertiary/aromatic N) is 4. The third-order valence-corrected chi connectivity index (χ3v) is 6.92. The summed E-state index contributed by atoms with van der Waals surface area (Å²) in [4.78, 5) is 26.9. The number of hydrogen-bond donors (Lipinski definition) is 3. The number of hydrogen-bond acceptors (Lipinski definition) is 9. The van der Waals surface area contributed by atoms with Gasteiger partial charge in [0.1, 0.15) is 5.82 Å². The monoisotopic (exact) mass is 523 g/mol. The number of nitrogens with one attached hydrogen (secondary N) is 3. The molecule has 37 heavy (non-hydrogen) atoms. The molecule has 0 atom stereocenters. The van der Waals surface area contributed by atoms with E-state index in [1.54, 1.807) is 13.1 Å². The molecule has 0 aliphatic carbocycles. The molecule has 0 fully saturated rings. The van der Waals surface area contributed by atoms with Crippen LogP contribution in [0.25, 0.3) is 22.2 Å². The summed E-state index contributed by atoms with van der Waals surface area (Å²) in [5.41, 5.74) is 1.81. The Morgan fingerprint density at radius 1 is 1.11 bits per heavy atom. The van der Waals surface area contributed by atoms with E-state index < -0.39 is 0 Å². The minimum absolute atomic E-state index is 0.00532. The summed E-state index contributed by atoms with van der Waals surface area (Å²) in [6.07, 6.45) is 3.27. The third kappa shape index (κ3) is 7.80. The number of rotatable bonds is 8. The Balaban J connectivity index is 0.000000695. The van der Waals surface area contributed by atoms with Crippen molar-refractivity contribution in [3.63, 3.8) is 0 Å². The highest BCUT2D eigenvalue weighted by atomic mass is 32.1. The minimum Gasteiger partial charge on any atom is -0.369 e. The molecule has 1 amide bonds. The predicted octanol–water partition coefficient (Wildman–Crippen LogP) is 5.71. The fraction of sp³-hybridized carbons (Fsp3) is 0.444. The van der Waals surface area contributed by atoms with E-state index in [0.717, 1.165) is 28.6 Å². The van der Waals surface area contributed by atoms with Gasteiger partial charge in [-0.1, -0.05) is 45.0 Å². The topological polar surface area (TPSA) is 118 Å². The summed E-state index contributed by atoms with van der Waals surface area (Å²) in [6.45, 7) is 13.9. The molecule has 3 N–H and O–H groups in total. The Labute approximate surface area is 222 Å². The Hall–Kier alpha value is -3.37. The van der Waals surface area contributed by atoms with Crippen molar-refractivity contribution < 1.29 is 9.32 Å². The second-order valence-corrected chi connectivity index (χ2v) is 10.7. The molecule has 0 radical (unpaired) electrons. The van der Waals surface area contributed by atoms with Crippen LogP contribution in [0.4, 0.5) is 10.9 Å². The van der Waals surface area contributed by atoms with Crippen molar-refractivity contribution in [1.29, 1.82) is 0 Å².